The summed E-state index contributed by atoms with van der Waals surface area (Å²) >= 11 is 3.40. The third kappa shape index (κ3) is 3.24. The molecule has 96 valence electrons. The lowest BCUT2D eigenvalue weighted by molar-refractivity contribution is 0.412. The average Bonchev–Trinajstić information content (AvgIpc) is 2.46. The van der Waals surface area contributed by atoms with Crippen LogP contribution < -0.4 is 10.1 Å². The second-order valence-corrected chi connectivity index (χ2v) is 4.68. The van der Waals surface area contributed by atoms with Crippen molar-refractivity contribution < 1.29 is 4.74 Å². The van der Waals surface area contributed by atoms with Crippen molar-refractivity contribution >= 4 is 21.6 Å². The van der Waals surface area contributed by atoms with Gasteiger partial charge in [-0.05, 0) is 34.1 Å². The molecule has 19 heavy (non-hydrogen) atoms. The van der Waals surface area contributed by atoms with Gasteiger partial charge in [-0.15, -0.1) is 0 Å². The summed E-state index contributed by atoms with van der Waals surface area (Å²) in [5, 5.41) is 12.2. The lowest BCUT2D eigenvalue weighted by Crippen LogP contribution is -2.03. The number of rotatable bonds is 4. The molecular formula is C14H12BrN3O. The first-order chi connectivity index (χ1) is 9.24. The predicted molar refractivity (Wildman–Crippen MR) is 77.0 cm³/mol. The molecule has 0 bridgehead atoms. The second-order valence-electron chi connectivity index (χ2n) is 3.83. The highest BCUT2D eigenvalue weighted by molar-refractivity contribution is 9.10. The Labute approximate surface area is 120 Å². The standard InChI is InChI=1S/C14H12BrN3O/c1-19-14-7-11(4-5-12(14)15)18-9-10-3-2-6-17-13(10)8-16/h2-7,18H,9H2,1H3. The minimum Gasteiger partial charge on any atom is -0.495 e. The first kappa shape index (κ1) is 13.4. The van der Waals surface area contributed by atoms with Crippen LogP contribution in [0.15, 0.2) is 41.0 Å². The summed E-state index contributed by atoms with van der Waals surface area (Å²) in [6, 6.07) is 11.5. The quantitative estimate of drug-likeness (QED) is 0.939. The monoisotopic (exact) mass is 317 g/mol. The number of anilines is 1. The van der Waals surface area contributed by atoms with Gasteiger partial charge in [0.1, 0.15) is 17.5 Å². The molecule has 0 aliphatic heterocycles. The molecule has 4 nitrogen and oxygen atoms in total. The molecule has 0 unspecified atom stereocenters. The zero-order valence-corrected chi connectivity index (χ0v) is 11.9. The maximum absolute atomic E-state index is 8.97. The summed E-state index contributed by atoms with van der Waals surface area (Å²) in [6.07, 6.45) is 1.62. The van der Waals surface area contributed by atoms with Crippen LogP contribution in [0, 0.1) is 11.3 Å². The summed E-state index contributed by atoms with van der Waals surface area (Å²) in [5.41, 5.74) is 2.23. The zero-order valence-electron chi connectivity index (χ0n) is 10.4. The Hall–Kier alpha value is -2.06. The van der Waals surface area contributed by atoms with Gasteiger partial charge < -0.3 is 10.1 Å². The molecule has 0 aliphatic rings. The first-order valence-corrected chi connectivity index (χ1v) is 6.45. The molecule has 1 N–H and O–H groups in total. The van der Waals surface area contributed by atoms with Crippen LogP contribution in [-0.4, -0.2) is 12.1 Å². The van der Waals surface area contributed by atoms with Crippen LogP contribution in [0.25, 0.3) is 0 Å². The van der Waals surface area contributed by atoms with Crippen LogP contribution in [0.3, 0.4) is 0 Å². The van der Waals surface area contributed by atoms with E-state index in [0.29, 0.717) is 12.2 Å². The molecule has 0 amide bonds. The normalized spacial score (nSPS) is 9.74. The van der Waals surface area contributed by atoms with E-state index in [4.69, 9.17) is 10.00 Å². The van der Waals surface area contributed by atoms with Crippen molar-refractivity contribution in [2.45, 2.75) is 6.54 Å². The predicted octanol–water partition coefficient (Wildman–Crippen LogP) is 3.34. The number of nitrogens with one attached hydrogen (secondary N) is 1. The van der Waals surface area contributed by atoms with Crippen LogP contribution >= 0.6 is 15.9 Å². The van der Waals surface area contributed by atoms with Gasteiger partial charge >= 0.3 is 0 Å². The number of nitriles is 1. The van der Waals surface area contributed by atoms with Gasteiger partial charge in [-0.25, -0.2) is 4.98 Å². The smallest absolute Gasteiger partial charge is 0.145 e. The van der Waals surface area contributed by atoms with E-state index in [-0.39, 0.29) is 0 Å². The largest absolute Gasteiger partial charge is 0.495 e. The van der Waals surface area contributed by atoms with Crippen molar-refractivity contribution in [1.82, 2.24) is 4.98 Å². The molecule has 0 atom stereocenters. The average molecular weight is 318 g/mol. The Bertz CT molecular complexity index is 622. The summed E-state index contributed by atoms with van der Waals surface area (Å²) in [7, 11) is 1.62. The number of benzene rings is 1. The van der Waals surface area contributed by atoms with Crippen LogP contribution in [0.1, 0.15) is 11.3 Å². The Morgan fingerprint density at radius 1 is 1.42 bits per heavy atom. The van der Waals surface area contributed by atoms with E-state index in [1.807, 2.05) is 30.3 Å². The van der Waals surface area contributed by atoms with Crippen molar-refractivity contribution in [3.8, 4) is 11.8 Å². The highest BCUT2D eigenvalue weighted by atomic mass is 79.9. The third-order valence-corrected chi connectivity index (χ3v) is 3.29. The molecule has 1 heterocycles. The molecule has 0 saturated heterocycles. The van der Waals surface area contributed by atoms with Crippen molar-refractivity contribution in [2.24, 2.45) is 0 Å². The number of pyridine rings is 1. The SMILES string of the molecule is COc1cc(NCc2cccnc2C#N)ccc1Br. The highest BCUT2D eigenvalue weighted by Crippen LogP contribution is 2.28. The summed E-state index contributed by atoms with van der Waals surface area (Å²) in [4.78, 5) is 4.02. The van der Waals surface area contributed by atoms with Gasteiger partial charge in [0.15, 0.2) is 0 Å². The van der Waals surface area contributed by atoms with Gasteiger partial charge in [0.25, 0.3) is 0 Å². The van der Waals surface area contributed by atoms with Crippen LogP contribution in [0.4, 0.5) is 5.69 Å². The van der Waals surface area contributed by atoms with E-state index in [1.54, 1.807) is 13.3 Å². The van der Waals surface area contributed by atoms with Gasteiger partial charge in [-0.3, -0.25) is 0 Å². The number of halogens is 1. The zero-order chi connectivity index (χ0) is 13.7. The summed E-state index contributed by atoms with van der Waals surface area (Å²) < 4.78 is 6.13. The first-order valence-electron chi connectivity index (χ1n) is 5.66. The van der Waals surface area contributed by atoms with E-state index in [1.165, 1.54) is 0 Å². The fourth-order valence-corrected chi connectivity index (χ4v) is 2.06. The number of ether oxygens (including phenoxy) is 1. The third-order valence-electron chi connectivity index (χ3n) is 2.63. The van der Waals surface area contributed by atoms with Gasteiger partial charge in [-0.2, -0.15) is 5.26 Å². The van der Waals surface area contributed by atoms with Crippen LogP contribution in [-0.2, 0) is 6.54 Å². The molecule has 2 aromatic rings. The van der Waals surface area contributed by atoms with E-state index < -0.39 is 0 Å². The molecule has 1 aromatic heterocycles. The van der Waals surface area contributed by atoms with Gasteiger partial charge in [-0.1, -0.05) is 6.07 Å². The van der Waals surface area contributed by atoms with E-state index >= 15 is 0 Å². The molecular weight excluding hydrogens is 306 g/mol. The minimum absolute atomic E-state index is 0.444. The second kappa shape index (κ2) is 6.21. The van der Waals surface area contributed by atoms with Gasteiger partial charge in [0.05, 0.1) is 11.6 Å². The minimum atomic E-state index is 0.444. The molecule has 5 heteroatoms. The molecule has 0 aliphatic carbocycles. The number of aromatic nitrogens is 1. The van der Waals surface area contributed by atoms with Crippen LogP contribution in [0.5, 0.6) is 5.75 Å². The molecule has 0 spiro atoms. The fraction of sp³-hybridized carbons (Fsp3) is 0.143. The van der Waals surface area contributed by atoms with Gasteiger partial charge in [0, 0.05) is 30.1 Å². The van der Waals surface area contributed by atoms with Gasteiger partial charge in [0.2, 0.25) is 0 Å². The van der Waals surface area contributed by atoms with Crippen molar-refractivity contribution in [1.29, 1.82) is 5.26 Å². The molecule has 0 fully saturated rings. The maximum atomic E-state index is 8.97. The van der Waals surface area contributed by atoms with Crippen molar-refractivity contribution in [3.05, 3.63) is 52.3 Å². The number of hydrogen-bond acceptors (Lipinski definition) is 4. The van der Waals surface area contributed by atoms with Crippen LogP contribution in [0.2, 0.25) is 0 Å². The lowest BCUT2D eigenvalue weighted by atomic mass is 10.2. The summed E-state index contributed by atoms with van der Waals surface area (Å²) in [5.74, 6) is 0.761. The van der Waals surface area contributed by atoms with E-state index in [0.717, 1.165) is 21.5 Å². The molecule has 0 radical (unpaired) electrons. The van der Waals surface area contributed by atoms with Crippen molar-refractivity contribution in [3.63, 3.8) is 0 Å². The Balaban J connectivity index is 2.13. The number of nitrogens with zero attached hydrogens (tertiary/aromatic N) is 2. The maximum Gasteiger partial charge on any atom is 0.145 e. The van der Waals surface area contributed by atoms with Crippen molar-refractivity contribution in [2.75, 3.05) is 12.4 Å². The fourth-order valence-electron chi connectivity index (χ4n) is 1.65. The molecule has 1 aromatic carbocycles. The highest BCUT2D eigenvalue weighted by Gasteiger charge is 2.04. The Kier molecular flexibility index (Phi) is 4.37. The topological polar surface area (TPSA) is 57.9 Å². The number of hydrogen-bond donors (Lipinski definition) is 1. The van der Waals surface area contributed by atoms with E-state index in [2.05, 4.69) is 32.3 Å². The number of methoxy groups -OCH3 is 1. The summed E-state index contributed by atoms with van der Waals surface area (Å²) in [6.45, 7) is 0.543. The Morgan fingerprint density at radius 2 is 2.26 bits per heavy atom. The lowest BCUT2D eigenvalue weighted by Gasteiger charge is -2.10. The Morgan fingerprint density at radius 3 is 3.00 bits per heavy atom. The molecule has 0 saturated carbocycles. The van der Waals surface area contributed by atoms with E-state index in [9.17, 15) is 0 Å². The molecule has 2 rings (SSSR count).